The lowest BCUT2D eigenvalue weighted by atomic mass is 10.2. The van der Waals surface area contributed by atoms with Gasteiger partial charge >= 0.3 is 5.97 Å². The number of carbonyl (C=O) groups excluding carboxylic acids is 1. The molecule has 1 rings (SSSR count). The third-order valence-electron chi connectivity index (χ3n) is 2.41. The van der Waals surface area contributed by atoms with E-state index in [9.17, 15) is 9.90 Å². The zero-order valence-corrected chi connectivity index (χ0v) is 10.7. The number of esters is 1. The van der Waals surface area contributed by atoms with Crippen molar-refractivity contribution in [1.82, 2.24) is 0 Å². The molecular weight excluding hydrogens is 234 g/mol. The van der Waals surface area contributed by atoms with Crippen molar-refractivity contribution in [3.05, 3.63) is 18.2 Å². The lowest BCUT2D eigenvalue weighted by Crippen LogP contribution is -2.29. The van der Waals surface area contributed by atoms with Gasteiger partial charge in [0.05, 0.1) is 6.61 Å². The fourth-order valence-corrected chi connectivity index (χ4v) is 1.51. The van der Waals surface area contributed by atoms with E-state index >= 15 is 0 Å². The van der Waals surface area contributed by atoms with Crippen LogP contribution in [-0.2, 0) is 9.53 Å². The number of phenolic OH excluding ortho intramolecular Hbond substituents is 1. The second-order valence-electron chi connectivity index (χ2n) is 3.84. The summed E-state index contributed by atoms with van der Waals surface area (Å²) in [4.78, 5) is 11.7. The van der Waals surface area contributed by atoms with Crippen LogP contribution in [0.5, 0.6) is 11.5 Å². The molecule has 0 heterocycles. The van der Waals surface area contributed by atoms with Crippen molar-refractivity contribution in [3.8, 4) is 11.5 Å². The second kappa shape index (κ2) is 6.74. The maximum absolute atomic E-state index is 11.7. The van der Waals surface area contributed by atoms with Crippen LogP contribution in [0.2, 0.25) is 0 Å². The number of hydrogen-bond acceptors (Lipinski definition) is 5. The Balaban J connectivity index is 2.82. The van der Waals surface area contributed by atoms with Crippen molar-refractivity contribution in [1.29, 1.82) is 0 Å². The molecule has 1 atom stereocenters. The molecule has 0 fully saturated rings. The van der Waals surface area contributed by atoms with E-state index in [2.05, 4.69) is 0 Å². The lowest BCUT2D eigenvalue weighted by Gasteiger charge is -2.18. The minimum absolute atomic E-state index is 0.0633. The summed E-state index contributed by atoms with van der Waals surface area (Å²) in [7, 11) is 0. The van der Waals surface area contributed by atoms with Crippen molar-refractivity contribution < 1.29 is 19.4 Å². The Hall–Kier alpha value is -1.91. The SMILES string of the molecule is CCCC(Oc1cccc(O)c1N)C(=O)OCC. The quantitative estimate of drug-likeness (QED) is 0.461. The number of ether oxygens (including phenoxy) is 2. The first-order valence-corrected chi connectivity index (χ1v) is 6.00. The third kappa shape index (κ3) is 3.55. The molecular formula is C13H19NO4. The second-order valence-corrected chi connectivity index (χ2v) is 3.84. The summed E-state index contributed by atoms with van der Waals surface area (Å²) in [6, 6.07) is 4.67. The van der Waals surface area contributed by atoms with E-state index in [1.165, 1.54) is 6.07 Å². The maximum Gasteiger partial charge on any atom is 0.347 e. The largest absolute Gasteiger partial charge is 0.506 e. The average molecular weight is 253 g/mol. The molecule has 18 heavy (non-hydrogen) atoms. The van der Waals surface area contributed by atoms with Crippen molar-refractivity contribution in [2.75, 3.05) is 12.3 Å². The van der Waals surface area contributed by atoms with Crippen LogP contribution < -0.4 is 10.5 Å². The van der Waals surface area contributed by atoms with E-state index in [1.807, 2.05) is 6.92 Å². The van der Waals surface area contributed by atoms with E-state index in [0.29, 0.717) is 18.8 Å². The number of anilines is 1. The molecule has 5 heteroatoms. The minimum atomic E-state index is -0.695. The monoisotopic (exact) mass is 253 g/mol. The molecule has 0 amide bonds. The number of phenols is 1. The van der Waals surface area contributed by atoms with Gasteiger partial charge < -0.3 is 20.3 Å². The molecule has 0 aliphatic carbocycles. The Morgan fingerprint density at radius 3 is 2.78 bits per heavy atom. The van der Waals surface area contributed by atoms with Crippen LogP contribution in [0, 0.1) is 0 Å². The average Bonchev–Trinajstić information content (AvgIpc) is 2.34. The van der Waals surface area contributed by atoms with Gasteiger partial charge in [-0.25, -0.2) is 4.79 Å². The fourth-order valence-electron chi connectivity index (χ4n) is 1.51. The molecule has 0 aliphatic rings. The van der Waals surface area contributed by atoms with Crippen molar-refractivity contribution in [3.63, 3.8) is 0 Å². The Bertz CT molecular complexity index is 406. The standard InChI is InChI=1S/C13H19NO4/c1-3-6-11(13(16)17-4-2)18-10-8-5-7-9(15)12(10)14/h5,7-8,11,15H,3-4,6,14H2,1-2H3. The van der Waals surface area contributed by atoms with E-state index in [-0.39, 0.29) is 11.4 Å². The van der Waals surface area contributed by atoms with Gasteiger partial charge in [0.15, 0.2) is 6.10 Å². The van der Waals surface area contributed by atoms with Crippen LogP contribution in [0.15, 0.2) is 18.2 Å². The summed E-state index contributed by atoms with van der Waals surface area (Å²) in [6.07, 6.45) is 0.620. The van der Waals surface area contributed by atoms with Crippen molar-refractivity contribution in [2.24, 2.45) is 0 Å². The number of nitrogens with two attached hydrogens (primary N) is 1. The van der Waals surface area contributed by atoms with Gasteiger partial charge in [0, 0.05) is 0 Å². The first kappa shape index (κ1) is 14.2. The Kier molecular flexibility index (Phi) is 5.30. The summed E-state index contributed by atoms with van der Waals surface area (Å²) in [6.45, 7) is 3.99. The Morgan fingerprint density at radius 2 is 2.17 bits per heavy atom. The highest BCUT2D eigenvalue weighted by molar-refractivity contribution is 5.75. The number of aromatic hydroxyl groups is 1. The van der Waals surface area contributed by atoms with E-state index < -0.39 is 12.1 Å². The van der Waals surface area contributed by atoms with Crippen molar-refractivity contribution >= 4 is 11.7 Å². The van der Waals surface area contributed by atoms with Crippen LogP contribution in [0.3, 0.4) is 0 Å². The molecule has 0 aliphatic heterocycles. The van der Waals surface area contributed by atoms with Crippen molar-refractivity contribution in [2.45, 2.75) is 32.8 Å². The highest BCUT2D eigenvalue weighted by atomic mass is 16.6. The van der Waals surface area contributed by atoms with Crippen LogP contribution in [0.25, 0.3) is 0 Å². The molecule has 1 unspecified atom stereocenters. The highest BCUT2D eigenvalue weighted by Gasteiger charge is 2.22. The van der Waals surface area contributed by atoms with E-state index in [0.717, 1.165) is 6.42 Å². The zero-order valence-electron chi connectivity index (χ0n) is 10.7. The lowest BCUT2D eigenvalue weighted by molar-refractivity contribution is -0.151. The van der Waals surface area contributed by atoms with Gasteiger partial charge in [0.2, 0.25) is 0 Å². The van der Waals surface area contributed by atoms with Gasteiger partial charge in [-0.05, 0) is 25.5 Å². The molecule has 100 valence electrons. The predicted molar refractivity (Wildman–Crippen MR) is 68.5 cm³/mol. The zero-order chi connectivity index (χ0) is 13.5. The summed E-state index contributed by atoms with van der Waals surface area (Å²) < 4.78 is 10.5. The first-order valence-electron chi connectivity index (χ1n) is 6.00. The van der Waals surface area contributed by atoms with Crippen LogP contribution in [-0.4, -0.2) is 23.8 Å². The van der Waals surface area contributed by atoms with Crippen LogP contribution >= 0.6 is 0 Å². The molecule has 5 nitrogen and oxygen atoms in total. The Labute approximate surface area is 107 Å². The number of nitrogen functional groups attached to an aromatic ring is 1. The maximum atomic E-state index is 11.7. The predicted octanol–water partition coefficient (Wildman–Crippen LogP) is 2.08. The molecule has 0 saturated carbocycles. The highest BCUT2D eigenvalue weighted by Crippen LogP contribution is 2.31. The van der Waals surface area contributed by atoms with Gasteiger partial charge in [-0.3, -0.25) is 0 Å². The van der Waals surface area contributed by atoms with Crippen LogP contribution in [0.4, 0.5) is 5.69 Å². The van der Waals surface area contributed by atoms with Gasteiger partial charge in [-0.1, -0.05) is 19.4 Å². The topological polar surface area (TPSA) is 81.8 Å². The normalized spacial score (nSPS) is 11.9. The molecule has 0 saturated heterocycles. The molecule has 0 radical (unpaired) electrons. The summed E-state index contributed by atoms with van der Waals surface area (Å²) in [5.74, 6) is -0.185. The molecule has 1 aromatic carbocycles. The number of para-hydroxylation sites is 1. The first-order chi connectivity index (χ1) is 8.60. The Morgan fingerprint density at radius 1 is 1.44 bits per heavy atom. The van der Waals surface area contributed by atoms with Crippen LogP contribution in [0.1, 0.15) is 26.7 Å². The van der Waals surface area contributed by atoms with E-state index in [1.54, 1.807) is 19.1 Å². The van der Waals surface area contributed by atoms with Gasteiger partial charge in [-0.15, -0.1) is 0 Å². The summed E-state index contributed by atoms with van der Waals surface area (Å²) in [5, 5.41) is 9.46. The number of hydrogen-bond donors (Lipinski definition) is 2. The fraction of sp³-hybridized carbons (Fsp3) is 0.462. The molecule has 0 aromatic heterocycles. The summed E-state index contributed by atoms with van der Waals surface area (Å²) in [5.41, 5.74) is 5.80. The molecule has 0 bridgehead atoms. The van der Waals surface area contributed by atoms with Gasteiger partial charge in [-0.2, -0.15) is 0 Å². The number of carbonyl (C=O) groups is 1. The molecule has 0 spiro atoms. The van der Waals surface area contributed by atoms with Gasteiger partial charge in [0.1, 0.15) is 17.2 Å². The molecule has 3 N–H and O–H groups in total. The summed E-state index contributed by atoms with van der Waals surface area (Å²) >= 11 is 0. The molecule has 1 aromatic rings. The smallest absolute Gasteiger partial charge is 0.347 e. The number of benzene rings is 1. The van der Waals surface area contributed by atoms with E-state index in [4.69, 9.17) is 15.2 Å². The minimum Gasteiger partial charge on any atom is -0.506 e. The third-order valence-corrected chi connectivity index (χ3v) is 2.41. The van der Waals surface area contributed by atoms with Gasteiger partial charge in [0.25, 0.3) is 0 Å². The number of rotatable bonds is 6.